The SMILES string of the molecule is CCCN1C(=O)C(=O)/C(=C(\O)c2cccc3ccccc23)C1c1ccc(OCC(C)C)cc1. The predicted molar refractivity (Wildman–Crippen MR) is 130 cm³/mol. The Morgan fingerprint density at radius 2 is 1.70 bits per heavy atom. The number of fused-ring (bicyclic) bond motifs is 1. The lowest BCUT2D eigenvalue weighted by atomic mass is 9.93. The quantitative estimate of drug-likeness (QED) is 0.289. The van der Waals surface area contributed by atoms with E-state index < -0.39 is 17.7 Å². The molecule has 0 spiro atoms. The second kappa shape index (κ2) is 9.49. The Morgan fingerprint density at radius 3 is 2.39 bits per heavy atom. The van der Waals surface area contributed by atoms with E-state index in [4.69, 9.17) is 4.74 Å². The van der Waals surface area contributed by atoms with Gasteiger partial charge < -0.3 is 14.7 Å². The van der Waals surface area contributed by atoms with Crippen LogP contribution in [0.2, 0.25) is 0 Å². The highest BCUT2D eigenvalue weighted by atomic mass is 16.5. The van der Waals surface area contributed by atoms with Crippen LogP contribution in [-0.4, -0.2) is 34.8 Å². The first kappa shape index (κ1) is 22.6. The summed E-state index contributed by atoms with van der Waals surface area (Å²) in [6.07, 6.45) is 0.702. The zero-order chi connectivity index (χ0) is 23.5. The minimum absolute atomic E-state index is 0.126. The number of carbonyl (C=O) groups is 2. The molecular weight excluding hydrogens is 414 g/mol. The van der Waals surface area contributed by atoms with E-state index >= 15 is 0 Å². The molecule has 1 N–H and O–H groups in total. The van der Waals surface area contributed by atoms with E-state index in [2.05, 4.69) is 13.8 Å². The van der Waals surface area contributed by atoms with E-state index in [0.717, 1.165) is 22.1 Å². The lowest BCUT2D eigenvalue weighted by Crippen LogP contribution is -2.30. The van der Waals surface area contributed by atoms with Crippen LogP contribution in [0.25, 0.3) is 16.5 Å². The van der Waals surface area contributed by atoms with Gasteiger partial charge in [-0.05, 0) is 40.8 Å². The lowest BCUT2D eigenvalue weighted by Gasteiger charge is -2.25. The number of ketones is 1. The molecule has 1 aliphatic rings. The van der Waals surface area contributed by atoms with Gasteiger partial charge in [-0.2, -0.15) is 0 Å². The van der Waals surface area contributed by atoms with Gasteiger partial charge in [0.1, 0.15) is 11.5 Å². The third-order valence-electron chi connectivity index (χ3n) is 5.83. The minimum atomic E-state index is -0.654. The second-order valence-electron chi connectivity index (χ2n) is 8.79. The number of hydrogen-bond acceptors (Lipinski definition) is 4. The summed E-state index contributed by atoms with van der Waals surface area (Å²) in [4.78, 5) is 27.6. The molecule has 1 saturated heterocycles. The lowest BCUT2D eigenvalue weighted by molar-refractivity contribution is -0.139. The molecule has 1 amide bonds. The standard InChI is InChI=1S/C28H29NO4/c1-4-16-29-25(20-12-14-21(15-13-20)33-17-18(2)3)24(27(31)28(29)32)26(30)23-11-7-9-19-8-5-6-10-22(19)23/h5-15,18,25,30H,4,16-17H2,1-3H3/b26-24-. The molecule has 1 aliphatic heterocycles. The fourth-order valence-electron chi connectivity index (χ4n) is 4.28. The Hall–Kier alpha value is -3.60. The van der Waals surface area contributed by atoms with Crippen molar-refractivity contribution in [2.24, 2.45) is 5.92 Å². The highest BCUT2D eigenvalue weighted by molar-refractivity contribution is 6.46. The molecule has 5 nitrogen and oxygen atoms in total. The third-order valence-corrected chi connectivity index (χ3v) is 5.83. The van der Waals surface area contributed by atoms with Crippen molar-refractivity contribution in [3.63, 3.8) is 0 Å². The summed E-state index contributed by atoms with van der Waals surface area (Å²) in [5, 5.41) is 13.2. The summed E-state index contributed by atoms with van der Waals surface area (Å²) in [5.74, 6) is -0.243. The van der Waals surface area contributed by atoms with E-state index in [1.165, 1.54) is 0 Å². The van der Waals surface area contributed by atoms with Crippen molar-refractivity contribution in [1.82, 2.24) is 4.90 Å². The third kappa shape index (κ3) is 4.36. The van der Waals surface area contributed by atoms with E-state index in [0.29, 0.717) is 31.1 Å². The predicted octanol–water partition coefficient (Wildman–Crippen LogP) is 5.71. The van der Waals surface area contributed by atoms with E-state index in [1.807, 2.05) is 67.6 Å². The fourth-order valence-corrected chi connectivity index (χ4v) is 4.28. The van der Waals surface area contributed by atoms with Crippen LogP contribution in [0.4, 0.5) is 0 Å². The van der Waals surface area contributed by atoms with Crippen molar-refractivity contribution in [2.45, 2.75) is 33.2 Å². The van der Waals surface area contributed by atoms with Gasteiger partial charge in [0.15, 0.2) is 0 Å². The number of amides is 1. The molecule has 0 radical (unpaired) electrons. The van der Waals surface area contributed by atoms with E-state index in [1.54, 1.807) is 11.0 Å². The van der Waals surface area contributed by atoms with E-state index in [-0.39, 0.29) is 11.3 Å². The molecule has 0 bridgehead atoms. The molecule has 1 fully saturated rings. The van der Waals surface area contributed by atoms with Gasteiger partial charge >= 0.3 is 0 Å². The molecule has 0 saturated carbocycles. The van der Waals surface area contributed by atoms with Crippen molar-refractivity contribution in [3.8, 4) is 5.75 Å². The molecule has 3 aromatic rings. The van der Waals surface area contributed by atoms with Gasteiger partial charge in [0.2, 0.25) is 0 Å². The Morgan fingerprint density at radius 1 is 1.00 bits per heavy atom. The Labute approximate surface area is 194 Å². The molecule has 4 rings (SSSR count). The summed E-state index contributed by atoms with van der Waals surface area (Å²) in [6, 6.07) is 20.0. The number of likely N-dealkylation sites (tertiary alicyclic amines) is 1. The molecule has 5 heteroatoms. The van der Waals surface area contributed by atoms with Crippen LogP contribution in [0.15, 0.2) is 72.3 Å². The fraction of sp³-hybridized carbons (Fsp3) is 0.286. The number of benzene rings is 3. The number of aliphatic hydroxyl groups excluding tert-OH is 1. The zero-order valence-corrected chi connectivity index (χ0v) is 19.2. The Balaban J connectivity index is 1.83. The van der Waals surface area contributed by atoms with Crippen LogP contribution in [0.5, 0.6) is 5.75 Å². The van der Waals surface area contributed by atoms with Crippen LogP contribution in [0.3, 0.4) is 0 Å². The highest BCUT2D eigenvalue weighted by Gasteiger charge is 2.45. The molecule has 1 heterocycles. The Kier molecular flexibility index (Phi) is 6.50. The monoisotopic (exact) mass is 443 g/mol. The number of ether oxygens (including phenoxy) is 1. The number of rotatable bonds is 7. The van der Waals surface area contributed by atoms with Crippen LogP contribution < -0.4 is 4.74 Å². The number of aliphatic hydroxyl groups is 1. The first-order chi connectivity index (χ1) is 15.9. The molecule has 0 aliphatic carbocycles. The largest absolute Gasteiger partial charge is 0.507 e. The van der Waals surface area contributed by atoms with Gasteiger partial charge in [0.05, 0.1) is 18.2 Å². The van der Waals surface area contributed by atoms with Crippen LogP contribution in [0, 0.1) is 5.92 Å². The highest BCUT2D eigenvalue weighted by Crippen LogP contribution is 2.40. The average molecular weight is 444 g/mol. The van der Waals surface area contributed by atoms with Gasteiger partial charge in [0, 0.05) is 12.1 Å². The van der Waals surface area contributed by atoms with Gasteiger partial charge in [-0.1, -0.05) is 75.4 Å². The number of carbonyl (C=O) groups excluding carboxylic acids is 2. The van der Waals surface area contributed by atoms with Gasteiger partial charge in [-0.25, -0.2) is 0 Å². The smallest absolute Gasteiger partial charge is 0.295 e. The van der Waals surface area contributed by atoms with Gasteiger partial charge in [-0.15, -0.1) is 0 Å². The molecule has 1 atom stereocenters. The van der Waals surface area contributed by atoms with E-state index in [9.17, 15) is 14.7 Å². The van der Waals surface area contributed by atoms with Crippen molar-refractivity contribution in [3.05, 3.63) is 83.4 Å². The summed E-state index contributed by atoms with van der Waals surface area (Å²) in [7, 11) is 0. The number of Topliss-reactive ketones (excluding diaryl/α,β-unsaturated/α-hetero) is 1. The van der Waals surface area contributed by atoms with Crippen molar-refractivity contribution < 1.29 is 19.4 Å². The summed E-state index contributed by atoms with van der Waals surface area (Å²) < 4.78 is 5.78. The molecule has 170 valence electrons. The maximum atomic E-state index is 13.1. The number of hydrogen-bond donors (Lipinski definition) is 1. The first-order valence-corrected chi connectivity index (χ1v) is 11.4. The molecule has 3 aromatic carbocycles. The average Bonchev–Trinajstić information content (AvgIpc) is 3.07. The summed E-state index contributed by atoms with van der Waals surface area (Å²) in [5.41, 5.74) is 1.44. The van der Waals surface area contributed by atoms with Crippen molar-refractivity contribution in [2.75, 3.05) is 13.2 Å². The summed E-state index contributed by atoms with van der Waals surface area (Å²) >= 11 is 0. The normalized spacial score (nSPS) is 17.8. The summed E-state index contributed by atoms with van der Waals surface area (Å²) in [6.45, 7) is 7.16. The molecule has 1 unspecified atom stereocenters. The van der Waals surface area contributed by atoms with Crippen LogP contribution in [0.1, 0.15) is 44.4 Å². The van der Waals surface area contributed by atoms with Gasteiger partial charge in [0.25, 0.3) is 11.7 Å². The first-order valence-electron chi connectivity index (χ1n) is 11.4. The zero-order valence-electron chi connectivity index (χ0n) is 19.2. The second-order valence-corrected chi connectivity index (χ2v) is 8.79. The molecular formula is C28H29NO4. The number of nitrogens with zero attached hydrogens (tertiary/aromatic N) is 1. The topological polar surface area (TPSA) is 66.8 Å². The van der Waals surface area contributed by atoms with Crippen molar-refractivity contribution in [1.29, 1.82) is 0 Å². The van der Waals surface area contributed by atoms with Crippen LogP contribution in [-0.2, 0) is 9.59 Å². The maximum Gasteiger partial charge on any atom is 0.295 e. The molecule has 0 aromatic heterocycles. The minimum Gasteiger partial charge on any atom is -0.507 e. The maximum absolute atomic E-state index is 13.1. The van der Waals surface area contributed by atoms with Crippen LogP contribution >= 0.6 is 0 Å². The van der Waals surface area contributed by atoms with Gasteiger partial charge in [-0.3, -0.25) is 9.59 Å². The Bertz CT molecular complexity index is 1200. The van der Waals surface area contributed by atoms with Crippen molar-refractivity contribution >= 4 is 28.2 Å². The molecule has 33 heavy (non-hydrogen) atoms.